The van der Waals surface area contributed by atoms with Crippen LogP contribution >= 0.6 is 0 Å². The van der Waals surface area contributed by atoms with E-state index in [1.807, 2.05) is 6.07 Å². The van der Waals surface area contributed by atoms with E-state index in [-0.39, 0.29) is 11.7 Å². The van der Waals surface area contributed by atoms with Crippen molar-refractivity contribution in [2.24, 2.45) is 0 Å². The Morgan fingerprint density at radius 2 is 1.84 bits per heavy atom. The molecule has 0 saturated heterocycles. The Kier molecular flexibility index (Phi) is 3.46. The van der Waals surface area contributed by atoms with Gasteiger partial charge in [-0.05, 0) is 25.1 Å². The highest BCUT2D eigenvalue weighted by Gasteiger charge is 2.14. The summed E-state index contributed by atoms with van der Waals surface area (Å²) in [6, 6.07) is 8.81. The summed E-state index contributed by atoms with van der Waals surface area (Å²) in [5.41, 5.74) is 1.60. The molecule has 0 saturated carbocycles. The van der Waals surface area contributed by atoms with Gasteiger partial charge in [-0.15, -0.1) is 0 Å². The normalized spacial score (nSPS) is 10.3. The molecule has 1 heterocycles. The van der Waals surface area contributed by atoms with Crippen molar-refractivity contribution < 1.29 is 9.59 Å². The second kappa shape index (κ2) is 5.06. The Hall–Kier alpha value is -2.43. The molecule has 0 aliphatic heterocycles. The molecular formula is C14H15N3O2. The maximum atomic E-state index is 11.8. The van der Waals surface area contributed by atoms with E-state index in [1.54, 1.807) is 49.2 Å². The average Bonchev–Trinajstić information content (AvgIpc) is 2.87. The van der Waals surface area contributed by atoms with E-state index in [0.717, 1.165) is 0 Å². The van der Waals surface area contributed by atoms with E-state index < -0.39 is 0 Å². The first-order chi connectivity index (χ1) is 9.00. The SMILES string of the molecule is CC(=O)c1ccccc1-n1ccc(C(=O)N(C)C)n1. The van der Waals surface area contributed by atoms with Gasteiger partial charge in [-0.2, -0.15) is 5.10 Å². The number of carbonyl (C=O) groups is 2. The fraction of sp³-hybridized carbons (Fsp3) is 0.214. The van der Waals surface area contributed by atoms with Crippen LogP contribution in [0.3, 0.4) is 0 Å². The third-order valence-electron chi connectivity index (χ3n) is 2.74. The molecule has 0 spiro atoms. The summed E-state index contributed by atoms with van der Waals surface area (Å²) < 4.78 is 1.55. The molecule has 98 valence electrons. The molecule has 2 rings (SSSR count). The molecule has 1 aromatic heterocycles. The van der Waals surface area contributed by atoms with E-state index in [1.165, 1.54) is 11.8 Å². The van der Waals surface area contributed by atoms with E-state index in [0.29, 0.717) is 16.9 Å². The minimum absolute atomic E-state index is 0.0356. The van der Waals surface area contributed by atoms with Crippen LogP contribution in [-0.4, -0.2) is 40.5 Å². The van der Waals surface area contributed by atoms with Gasteiger partial charge in [0.05, 0.1) is 5.69 Å². The van der Waals surface area contributed by atoms with Gasteiger partial charge in [0.2, 0.25) is 0 Å². The van der Waals surface area contributed by atoms with E-state index in [2.05, 4.69) is 5.10 Å². The monoisotopic (exact) mass is 257 g/mol. The van der Waals surface area contributed by atoms with Crippen LogP contribution in [-0.2, 0) is 0 Å². The Morgan fingerprint density at radius 3 is 2.47 bits per heavy atom. The van der Waals surface area contributed by atoms with Gasteiger partial charge in [-0.25, -0.2) is 4.68 Å². The zero-order chi connectivity index (χ0) is 14.0. The molecule has 0 bridgehead atoms. The van der Waals surface area contributed by atoms with Gasteiger partial charge in [-0.3, -0.25) is 9.59 Å². The predicted molar refractivity (Wildman–Crippen MR) is 71.6 cm³/mol. The van der Waals surface area contributed by atoms with Gasteiger partial charge in [0.1, 0.15) is 0 Å². The van der Waals surface area contributed by atoms with Crippen molar-refractivity contribution in [3.8, 4) is 5.69 Å². The highest BCUT2D eigenvalue weighted by Crippen LogP contribution is 2.15. The number of aromatic nitrogens is 2. The number of ketones is 1. The van der Waals surface area contributed by atoms with Gasteiger partial charge in [-0.1, -0.05) is 12.1 Å². The molecule has 0 radical (unpaired) electrons. The maximum absolute atomic E-state index is 11.8. The maximum Gasteiger partial charge on any atom is 0.273 e. The molecule has 0 aliphatic carbocycles. The van der Waals surface area contributed by atoms with Gasteiger partial charge in [0.25, 0.3) is 5.91 Å². The van der Waals surface area contributed by atoms with E-state index in [4.69, 9.17) is 0 Å². The fourth-order valence-corrected chi connectivity index (χ4v) is 1.77. The van der Waals surface area contributed by atoms with Crippen molar-refractivity contribution in [3.05, 3.63) is 47.8 Å². The number of amides is 1. The molecule has 0 aliphatic rings. The third kappa shape index (κ3) is 2.54. The molecule has 0 atom stereocenters. The summed E-state index contributed by atoms with van der Waals surface area (Å²) in [5.74, 6) is -0.203. The zero-order valence-electron chi connectivity index (χ0n) is 11.1. The Balaban J connectivity index is 2.44. The van der Waals surface area contributed by atoms with Crippen molar-refractivity contribution in [3.63, 3.8) is 0 Å². The lowest BCUT2D eigenvalue weighted by molar-refractivity contribution is 0.0821. The molecule has 0 unspecified atom stereocenters. The molecule has 5 heteroatoms. The van der Waals surface area contributed by atoms with Gasteiger partial charge in [0, 0.05) is 25.9 Å². The largest absolute Gasteiger partial charge is 0.343 e. The molecule has 0 fully saturated rings. The highest BCUT2D eigenvalue weighted by atomic mass is 16.2. The second-order valence-electron chi connectivity index (χ2n) is 4.42. The number of rotatable bonds is 3. The average molecular weight is 257 g/mol. The molecule has 2 aromatic rings. The first-order valence-electron chi connectivity index (χ1n) is 5.88. The Morgan fingerprint density at radius 1 is 1.16 bits per heavy atom. The summed E-state index contributed by atoms with van der Waals surface area (Å²) >= 11 is 0. The molecule has 19 heavy (non-hydrogen) atoms. The number of hydrogen-bond donors (Lipinski definition) is 0. The van der Waals surface area contributed by atoms with Crippen LogP contribution in [0, 0.1) is 0 Å². The van der Waals surface area contributed by atoms with E-state index in [9.17, 15) is 9.59 Å². The highest BCUT2D eigenvalue weighted by molar-refractivity contribution is 5.97. The topological polar surface area (TPSA) is 55.2 Å². The molecule has 1 amide bonds. The van der Waals surface area contributed by atoms with Crippen LogP contribution in [0.15, 0.2) is 36.5 Å². The number of Topliss-reactive ketones (excluding diaryl/α,β-unsaturated/α-hetero) is 1. The van der Waals surface area contributed by atoms with Crippen molar-refractivity contribution >= 4 is 11.7 Å². The summed E-state index contributed by atoms with van der Waals surface area (Å²) in [4.78, 5) is 24.8. The van der Waals surface area contributed by atoms with Gasteiger partial charge < -0.3 is 4.90 Å². The minimum Gasteiger partial charge on any atom is -0.343 e. The molecular weight excluding hydrogens is 242 g/mol. The van der Waals surface area contributed by atoms with Crippen molar-refractivity contribution in [1.29, 1.82) is 0 Å². The van der Waals surface area contributed by atoms with Crippen LogP contribution in [0.5, 0.6) is 0 Å². The summed E-state index contributed by atoms with van der Waals surface area (Å²) in [5, 5.41) is 4.22. The fourth-order valence-electron chi connectivity index (χ4n) is 1.77. The Bertz CT molecular complexity index is 629. The van der Waals surface area contributed by atoms with Crippen molar-refractivity contribution in [2.45, 2.75) is 6.92 Å². The predicted octanol–water partition coefficient (Wildman–Crippen LogP) is 1.78. The number of nitrogens with zero attached hydrogens (tertiary/aromatic N) is 3. The van der Waals surface area contributed by atoms with Gasteiger partial charge >= 0.3 is 0 Å². The Labute approximate surface area is 111 Å². The molecule has 0 N–H and O–H groups in total. The van der Waals surface area contributed by atoms with Crippen LogP contribution < -0.4 is 0 Å². The molecule has 1 aromatic carbocycles. The summed E-state index contributed by atoms with van der Waals surface area (Å²) in [7, 11) is 3.34. The van der Waals surface area contributed by atoms with Crippen molar-refractivity contribution in [2.75, 3.05) is 14.1 Å². The standard InChI is InChI=1S/C14H15N3O2/c1-10(18)11-6-4-5-7-13(11)17-9-8-12(15-17)14(19)16(2)3/h4-9H,1-3H3. The smallest absolute Gasteiger partial charge is 0.273 e. The third-order valence-corrected chi connectivity index (χ3v) is 2.74. The van der Waals surface area contributed by atoms with E-state index >= 15 is 0 Å². The van der Waals surface area contributed by atoms with Crippen LogP contribution in [0.4, 0.5) is 0 Å². The summed E-state index contributed by atoms with van der Waals surface area (Å²) in [6.07, 6.45) is 1.68. The second-order valence-corrected chi connectivity index (χ2v) is 4.42. The molecule has 5 nitrogen and oxygen atoms in total. The van der Waals surface area contributed by atoms with Crippen LogP contribution in [0.25, 0.3) is 5.69 Å². The number of benzene rings is 1. The van der Waals surface area contributed by atoms with Crippen molar-refractivity contribution in [1.82, 2.24) is 14.7 Å². The first-order valence-corrected chi connectivity index (χ1v) is 5.88. The minimum atomic E-state index is -0.168. The lowest BCUT2D eigenvalue weighted by Crippen LogP contribution is -2.22. The summed E-state index contributed by atoms with van der Waals surface area (Å²) in [6.45, 7) is 1.51. The zero-order valence-corrected chi connectivity index (χ0v) is 11.1. The van der Waals surface area contributed by atoms with Gasteiger partial charge in [0.15, 0.2) is 11.5 Å². The van der Waals surface area contributed by atoms with Crippen LogP contribution in [0.1, 0.15) is 27.8 Å². The number of hydrogen-bond acceptors (Lipinski definition) is 3. The lowest BCUT2D eigenvalue weighted by Gasteiger charge is -2.08. The quantitative estimate of drug-likeness (QED) is 0.787. The van der Waals surface area contributed by atoms with Crippen LogP contribution in [0.2, 0.25) is 0 Å². The lowest BCUT2D eigenvalue weighted by atomic mass is 10.1. The number of para-hydroxylation sites is 1. The number of carbonyl (C=O) groups excluding carboxylic acids is 2. The first kappa shape index (κ1) is 13.0.